The van der Waals surface area contributed by atoms with Gasteiger partial charge in [-0.3, -0.25) is 0 Å². The second-order valence-corrected chi connectivity index (χ2v) is 5.26. The molecule has 0 amide bonds. The first-order chi connectivity index (χ1) is 5.90. The Morgan fingerprint density at radius 3 is 1.86 bits per heavy atom. The molecule has 0 saturated carbocycles. The van der Waals surface area contributed by atoms with Gasteiger partial charge in [0.1, 0.15) is 10.7 Å². The van der Waals surface area contributed by atoms with E-state index in [0.717, 1.165) is 6.92 Å². The molecule has 1 aromatic carbocycles. The summed E-state index contributed by atoms with van der Waals surface area (Å²) in [6, 6.07) is 0.847. The lowest BCUT2D eigenvalue weighted by atomic mass is 10.2. The Bertz CT molecular complexity index is 378. The summed E-state index contributed by atoms with van der Waals surface area (Å²) < 4.78 is 73.5. The highest BCUT2D eigenvalue weighted by Gasteiger charge is 2.66. The Labute approximate surface area is 76.3 Å². The van der Waals surface area contributed by atoms with E-state index in [0.29, 0.717) is 12.1 Å². The van der Waals surface area contributed by atoms with Crippen LogP contribution in [0.15, 0.2) is 23.1 Å². The van der Waals surface area contributed by atoms with Crippen LogP contribution in [0.2, 0.25) is 0 Å². The molecule has 0 atom stereocenters. The van der Waals surface area contributed by atoms with Crippen molar-refractivity contribution in [1.29, 1.82) is 0 Å². The van der Waals surface area contributed by atoms with Gasteiger partial charge in [-0.2, -0.15) is 0 Å². The van der Waals surface area contributed by atoms with Crippen LogP contribution >= 0.6 is 10.2 Å². The molecule has 1 aromatic rings. The van der Waals surface area contributed by atoms with Gasteiger partial charge in [0.05, 0.1) is 0 Å². The molecule has 0 aliphatic rings. The van der Waals surface area contributed by atoms with Crippen molar-refractivity contribution < 1.29 is 23.8 Å². The van der Waals surface area contributed by atoms with Crippen molar-refractivity contribution in [3.8, 4) is 0 Å². The van der Waals surface area contributed by atoms with Crippen LogP contribution in [0.5, 0.6) is 0 Å². The Balaban J connectivity index is 3.51. The third-order valence-corrected chi connectivity index (χ3v) is 2.84. The van der Waals surface area contributed by atoms with E-state index in [1.54, 1.807) is 0 Å². The highest BCUT2D eigenvalue weighted by Crippen LogP contribution is 3.02. The van der Waals surface area contributed by atoms with Crippen molar-refractivity contribution in [2.75, 3.05) is 0 Å². The summed E-state index contributed by atoms with van der Waals surface area (Å²) in [5.41, 5.74) is -0.816. The third-order valence-electron chi connectivity index (χ3n) is 1.55. The van der Waals surface area contributed by atoms with Crippen molar-refractivity contribution in [2.24, 2.45) is 0 Å². The van der Waals surface area contributed by atoms with Gasteiger partial charge in [0.15, 0.2) is 0 Å². The summed E-state index contributed by atoms with van der Waals surface area (Å²) in [5, 5.41) is 0. The molecular formula is C7H6F6S. The van der Waals surface area contributed by atoms with E-state index in [1.165, 1.54) is 0 Å². The first-order valence-electron chi connectivity index (χ1n) is 3.40. The second-order valence-electron chi connectivity index (χ2n) is 2.88. The first kappa shape index (κ1) is 11.2. The molecule has 0 fully saturated rings. The lowest BCUT2D eigenvalue weighted by Crippen LogP contribution is -2.08. The van der Waals surface area contributed by atoms with Crippen LogP contribution < -0.4 is 0 Å². The fraction of sp³-hybridized carbons (Fsp3) is 0.143. The number of rotatable bonds is 1. The Morgan fingerprint density at radius 1 is 1.00 bits per heavy atom. The van der Waals surface area contributed by atoms with Crippen LogP contribution in [0.4, 0.5) is 23.8 Å². The number of hydrogen-bond donors (Lipinski definition) is 0. The van der Waals surface area contributed by atoms with E-state index in [4.69, 9.17) is 0 Å². The molecule has 1 rings (SSSR count). The van der Waals surface area contributed by atoms with Crippen LogP contribution in [0.25, 0.3) is 0 Å². The standard InChI is InChI=1S/C7H6F6S/c1-5-4-6(8)2-3-7(5)14(9,10,11,12)13/h2-4H,1H3. The fourth-order valence-corrected chi connectivity index (χ4v) is 2.04. The quantitative estimate of drug-likeness (QED) is 0.615. The van der Waals surface area contributed by atoms with Gasteiger partial charge in [0, 0.05) is 0 Å². The monoisotopic (exact) mass is 236 g/mol. The zero-order valence-corrected chi connectivity index (χ0v) is 7.72. The molecule has 0 aliphatic carbocycles. The Hall–Kier alpha value is -0.850. The van der Waals surface area contributed by atoms with Crippen LogP contribution in [0, 0.1) is 12.7 Å². The molecule has 0 spiro atoms. The van der Waals surface area contributed by atoms with Gasteiger partial charge in [-0.15, -0.1) is 0 Å². The predicted octanol–water partition coefficient (Wildman–Crippen LogP) is 4.79. The lowest BCUT2D eigenvalue weighted by molar-refractivity contribution is 0.363. The summed E-state index contributed by atoms with van der Waals surface area (Å²) in [7, 11) is -9.67. The van der Waals surface area contributed by atoms with Gasteiger partial charge in [0.25, 0.3) is 0 Å². The highest BCUT2D eigenvalue weighted by molar-refractivity contribution is 8.45. The van der Waals surface area contributed by atoms with Crippen molar-refractivity contribution >= 4 is 10.2 Å². The zero-order valence-electron chi connectivity index (χ0n) is 6.91. The molecule has 7 heteroatoms. The van der Waals surface area contributed by atoms with E-state index in [2.05, 4.69) is 0 Å². The smallest absolute Gasteiger partial charge is 0.207 e. The third kappa shape index (κ3) is 2.34. The summed E-state index contributed by atoms with van der Waals surface area (Å²) in [4.78, 5) is -2.04. The molecule has 0 aromatic heterocycles. The van der Waals surface area contributed by atoms with Crippen molar-refractivity contribution in [1.82, 2.24) is 0 Å². The summed E-state index contributed by atoms with van der Waals surface area (Å²) in [6.45, 7) is 0.788. The maximum atomic E-state index is 12.4. The maximum Gasteiger partial charge on any atom is 0.310 e. The van der Waals surface area contributed by atoms with E-state index >= 15 is 0 Å². The normalized spacial score (nSPS) is 17.4. The molecule has 0 radical (unpaired) electrons. The van der Waals surface area contributed by atoms with Crippen molar-refractivity contribution in [3.05, 3.63) is 29.6 Å². The average molecular weight is 236 g/mol. The largest absolute Gasteiger partial charge is 0.310 e. The van der Waals surface area contributed by atoms with Crippen LogP contribution in [0.1, 0.15) is 5.56 Å². The number of halogens is 6. The Kier molecular flexibility index (Phi) is 1.77. The minimum absolute atomic E-state index is 0.0617. The molecule has 0 heterocycles. The van der Waals surface area contributed by atoms with E-state index < -0.39 is 26.5 Å². The molecule has 0 aliphatic heterocycles. The van der Waals surface area contributed by atoms with Crippen LogP contribution in [-0.4, -0.2) is 0 Å². The van der Waals surface area contributed by atoms with Crippen molar-refractivity contribution in [3.63, 3.8) is 0 Å². The minimum atomic E-state index is -9.67. The van der Waals surface area contributed by atoms with Gasteiger partial charge >= 0.3 is 10.2 Å². The molecule has 0 N–H and O–H groups in total. The van der Waals surface area contributed by atoms with Gasteiger partial charge in [0.2, 0.25) is 0 Å². The fourth-order valence-electron chi connectivity index (χ4n) is 1.05. The topological polar surface area (TPSA) is 0 Å². The molecule has 0 unspecified atom stereocenters. The zero-order chi connectivity index (χ0) is 11.3. The van der Waals surface area contributed by atoms with Gasteiger partial charge in [-0.25, -0.2) is 4.39 Å². The lowest BCUT2D eigenvalue weighted by Gasteiger charge is -2.41. The number of benzene rings is 1. The van der Waals surface area contributed by atoms with Gasteiger partial charge in [-0.05, 0) is 30.7 Å². The molecule has 0 bridgehead atoms. The van der Waals surface area contributed by atoms with Crippen LogP contribution in [-0.2, 0) is 0 Å². The SMILES string of the molecule is Cc1cc(F)ccc1S(F)(F)(F)(F)F. The van der Waals surface area contributed by atoms with Gasteiger partial charge in [-0.1, -0.05) is 19.4 Å². The minimum Gasteiger partial charge on any atom is -0.207 e. The number of hydrogen-bond acceptors (Lipinski definition) is 0. The average Bonchev–Trinajstić information content (AvgIpc) is 1.79. The molecular weight excluding hydrogens is 230 g/mol. The van der Waals surface area contributed by atoms with E-state index in [-0.39, 0.29) is 6.07 Å². The van der Waals surface area contributed by atoms with Crippen molar-refractivity contribution in [2.45, 2.75) is 11.8 Å². The second kappa shape index (κ2) is 2.21. The summed E-state index contributed by atoms with van der Waals surface area (Å²) >= 11 is 0. The summed E-state index contributed by atoms with van der Waals surface area (Å²) in [5.74, 6) is -0.979. The van der Waals surface area contributed by atoms with E-state index in [1.807, 2.05) is 0 Å². The molecule has 0 nitrogen and oxygen atoms in total. The van der Waals surface area contributed by atoms with Gasteiger partial charge < -0.3 is 0 Å². The molecule has 82 valence electrons. The highest BCUT2D eigenvalue weighted by atomic mass is 32.5. The molecule has 0 saturated heterocycles. The first-order valence-corrected chi connectivity index (χ1v) is 5.35. The Morgan fingerprint density at radius 2 is 1.50 bits per heavy atom. The van der Waals surface area contributed by atoms with Crippen LogP contribution in [0.3, 0.4) is 0 Å². The molecule has 14 heavy (non-hydrogen) atoms. The summed E-state index contributed by atoms with van der Waals surface area (Å²) in [6.07, 6.45) is 0. The van der Waals surface area contributed by atoms with E-state index in [9.17, 15) is 23.8 Å². The number of aryl methyl sites for hydroxylation is 1. The predicted molar refractivity (Wildman–Crippen MR) is 42.5 cm³/mol. The maximum absolute atomic E-state index is 12.4.